The third-order valence-corrected chi connectivity index (χ3v) is 5.62. The maximum atomic E-state index is 4.09. The zero-order valence-corrected chi connectivity index (χ0v) is 25.0. The average Bonchev–Trinajstić information content (AvgIpc) is 2.89. The fraction of sp³-hybridized carbons (Fsp3) is 0.500. The van der Waals surface area contributed by atoms with Crippen LogP contribution in [0, 0.1) is 69.2 Å². The molecular formula is C20H32Mo2S4-8. The van der Waals surface area contributed by atoms with E-state index in [1.165, 1.54) is 91.6 Å². The maximum absolute atomic E-state index is 4.09. The van der Waals surface area contributed by atoms with E-state index in [0.717, 1.165) is 0 Å². The van der Waals surface area contributed by atoms with Gasteiger partial charge in [0.05, 0.1) is 0 Å². The normalized spacial score (nSPS) is 8.38. The monoisotopic (exact) mass is 596 g/mol. The van der Waals surface area contributed by atoms with Crippen LogP contribution in [0.4, 0.5) is 0 Å². The van der Waals surface area contributed by atoms with E-state index in [0.29, 0.717) is 0 Å². The van der Waals surface area contributed by atoms with Crippen molar-refractivity contribution in [3.05, 3.63) is 55.6 Å². The summed E-state index contributed by atoms with van der Waals surface area (Å²) < 4.78 is 0. The van der Waals surface area contributed by atoms with Crippen LogP contribution in [0.2, 0.25) is 0 Å². The molecule has 6 heteroatoms. The molecule has 0 nitrogen and oxygen atoms in total. The van der Waals surface area contributed by atoms with E-state index >= 15 is 0 Å². The third kappa shape index (κ3) is 8.71. The van der Waals surface area contributed by atoms with Gasteiger partial charge in [-0.2, -0.15) is 27.8 Å². The number of hydrogen-bond donors (Lipinski definition) is 0. The fourth-order valence-corrected chi connectivity index (χ4v) is 2.81. The zero-order valence-electron chi connectivity index (χ0n) is 17.5. The van der Waals surface area contributed by atoms with E-state index in [4.69, 9.17) is 0 Å². The molecule has 2 rings (SSSR count). The average molecular weight is 593 g/mol. The zero-order chi connectivity index (χ0) is 19.8. The van der Waals surface area contributed by atoms with Crippen molar-refractivity contribution in [2.45, 2.75) is 69.2 Å². The van der Waals surface area contributed by atoms with Crippen molar-refractivity contribution >= 4 is 46.6 Å². The fourth-order valence-electron chi connectivity index (χ4n) is 2.81. The van der Waals surface area contributed by atoms with E-state index in [1.807, 2.05) is 0 Å². The van der Waals surface area contributed by atoms with Gasteiger partial charge in [0.15, 0.2) is 0 Å². The standard InChI is InChI=1S/2C10H15.2Mo.2H2S.2S/c2*1-6-7(2)9(4)10(5)8(6)3;;;;;;/h2*1-5H3;;;2*1H2;;/q-5;-1;;;;;;/p-2. The Kier molecular flexibility index (Phi) is 22.8. The molecule has 0 atom stereocenters. The summed E-state index contributed by atoms with van der Waals surface area (Å²) in [6, 6.07) is 0. The molecule has 0 heterocycles. The van der Waals surface area contributed by atoms with Gasteiger partial charge >= 0.3 is 55.6 Å². The third-order valence-electron chi connectivity index (χ3n) is 5.62. The Balaban J connectivity index is -0.000000147. The van der Waals surface area contributed by atoms with E-state index < -0.39 is 0 Å². The molecule has 2 aromatic rings. The second-order valence-corrected chi connectivity index (χ2v) is 6.25. The molecule has 0 amide bonds. The van der Waals surface area contributed by atoms with Crippen LogP contribution in [0.15, 0.2) is 0 Å². The van der Waals surface area contributed by atoms with Gasteiger partial charge in [-0.05, 0) is 0 Å². The van der Waals surface area contributed by atoms with Gasteiger partial charge in [-0.3, -0.25) is 0 Å². The summed E-state index contributed by atoms with van der Waals surface area (Å²) in [6.45, 7) is 22.0. The Bertz CT molecular complexity index is 452. The van der Waals surface area contributed by atoms with Crippen molar-refractivity contribution in [2.24, 2.45) is 0 Å². The van der Waals surface area contributed by atoms with Gasteiger partial charge in [0, 0.05) is 0 Å². The van der Waals surface area contributed by atoms with E-state index in [2.05, 4.69) is 88.9 Å². The molecule has 26 heavy (non-hydrogen) atoms. The van der Waals surface area contributed by atoms with E-state index in [9.17, 15) is 0 Å². The summed E-state index contributed by atoms with van der Waals surface area (Å²) in [5.74, 6) is 0. The number of thiol groups is 2. The topological polar surface area (TPSA) is 0 Å². The Morgan fingerprint density at radius 1 is 0.500 bits per heavy atom. The van der Waals surface area contributed by atoms with Crippen LogP contribution >= 0.6 is 19.6 Å². The van der Waals surface area contributed by atoms with Crippen LogP contribution in [0.5, 0.6) is 0 Å². The van der Waals surface area contributed by atoms with Crippen molar-refractivity contribution in [2.75, 3.05) is 0 Å². The number of rotatable bonds is 0. The van der Waals surface area contributed by atoms with Gasteiger partial charge in [-0.15, -0.1) is 0 Å². The molecule has 0 fully saturated rings. The first kappa shape index (κ1) is 34.7. The van der Waals surface area contributed by atoms with Gasteiger partial charge in [-0.25, -0.2) is 34.6 Å². The second-order valence-electron chi connectivity index (χ2n) is 6.25. The van der Waals surface area contributed by atoms with Gasteiger partial charge in [-0.1, -0.05) is 34.6 Å². The van der Waals surface area contributed by atoms with Crippen LogP contribution < -0.4 is 0 Å². The molecule has 156 valence electrons. The number of hydrogen-bond acceptors (Lipinski definition) is 4. The van der Waals surface area contributed by atoms with Gasteiger partial charge in [0.1, 0.15) is 0 Å². The molecule has 0 aromatic heterocycles. The summed E-state index contributed by atoms with van der Waals surface area (Å²) in [7, 11) is 8.19. The first-order chi connectivity index (χ1) is 11.1. The van der Waals surface area contributed by atoms with Crippen molar-refractivity contribution in [1.29, 1.82) is 0 Å². The van der Waals surface area contributed by atoms with Crippen LogP contribution in [0.25, 0.3) is 0 Å². The van der Waals surface area contributed by atoms with Crippen LogP contribution in [-0.2, 0) is 63.0 Å². The van der Waals surface area contributed by atoms with Gasteiger partial charge in [0.25, 0.3) is 0 Å². The summed E-state index contributed by atoms with van der Waals surface area (Å²) in [5.41, 5.74) is 14.7. The summed E-state index contributed by atoms with van der Waals surface area (Å²) in [5, 5.41) is 0. The van der Waals surface area contributed by atoms with Crippen molar-refractivity contribution < 1.29 is 36.0 Å². The van der Waals surface area contributed by atoms with Crippen molar-refractivity contribution in [3.8, 4) is 0 Å². The van der Waals surface area contributed by atoms with Crippen LogP contribution in [-0.4, -0.2) is 0 Å². The quantitative estimate of drug-likeness (QED) is 0.145. The predicted octanol–water partition coefficient (Wildman–Crippen LogP) is 6.65. The molecular weight excluding hydrogens is 560 g/mol. The minimum atomic E-state index is 0. The van der Waals surface area contributed by atoms with Crippen molar-refractivity contribution in [3.63, 3.8) is 0 Å². The summed E-state index contributed by atoms with van der Waals surface area (Å²) in [4.78, 5) is 0. The molecule has 0 aliphatic carbocycles. The Morgan fingerprint density at radius 2 is 0.654 bits per heavy atom. The van der Waals surface area contributed by atoms with E-state index in [-0.39, 0.29) is 27.0 Å². The SMILES string of the molecule is C[c-]1[c-](C)[c-](C)[c-](C)[c-]1C.Cc1c(C)c(C)[c-](C)c1C.[SH-].[SH-].[S]=[Mo].[S]=[Mo]. The second kappa shape index (κ2) is 17.1. The van der Waals surface area contributed by atoms with Crippen LogP contribution in [0.3, 0.4) is 0 Å². The summed E-state index contributed by atoms with van der Waals surface area (Å²) >= 11 is 3.07. The predicted molar refractivity (Wildman–Crippen MR) is 124 cm³/mol. The first-order valence-corrected chi connectivity index (χ1v) is 13.4. The molecule has 0 saturated heterocycles. The molecule has 2 aromatic carbocycles. The Hall–Kier alpha value is 1.22. The van der Waals surface area contributed by atoms with Gasteiger partial charge < -0.3 is 54.8 Å². The Morgan fingerprint density at radius 3 is 0.731 bits per heavy atom. The molecule has 0 bridgehead atoms. The van der Waals surface area contributed by atoms with Gasteiger partial charge in [0.2, 0.25) is 0 Å². The van der Waals surface area contributed by atoms with E-state index in [1.54, 1.807) is 0 Å². The Labute approximate surface area is 205 Å². The molecule has 0 aliphatic rings. The molecule has 0 aliphatic heterocycles. The molecule has 0 unspecified atom stereocenters. The molecule has 0 radical (unpaired) electrons. The first-order valence-electron chi connectivity index (χ1n) is 7.83. The minimum absolute atomic E-state index is 0. The molecule has 0 spiro atoms. The van der Waals surface area contributed by atoms with Crippen molar-refractivity contribution in [1.82, 2.24) is 0 Å². The molecule has 0 saturated carbocycles. The summed E-state index contributed by atoms with van der Waals surface area (Å²) in [6.07, 6.45) is 0. The van der Waals surface area contributed by atoms with Crippen LogP contribution in [0.1, 0.15) is 55.6 Å². The molecule has 0 N–H and O–H groups in total.